The standard InChI is InChI=1S/C17H14ClN3O/c18-12-7-8-13(14(10-12)16(19)20)17(22)21-9-3-5-11-4-1-2-6-15(11)21/h1-8,10H,9H2,(H3,19,20). The third kappa shape index (κ3) is 2.49. The molecule has 3 rings (SSSR count). The van der Waals surface area contributed by atoms with E-state index in [4.69, 9.17) is 22.7 Å². The molecule has 1 aliphatic heterocycles. The van der Waals surface area contributed by atoms with Crippen LogP contribution in [0.25, 0.3) is 6.08 Å². The maximum Gasteiger partial charge on any atom is 0.259 e. The van der Waals surface area contributed by atoms with Gasteiger partial charge in [-0.2, -0.15) is 0 Å². The van der Waals surface area contributed by atoms with Crippen LogP contribution in [0.4, 0.5) is 5.69 Å². The average molecular weight is 312 g/mol. The Kier molecular flexibility index (Phi) is 3.69. The largest absolute Gasteiger partial charge is 0.384 e. The first kappa shape index (κ1) is 14.4. The fraction of sp³-hybridized carbons (Fsp3) is 0.0588. The van der Waals surface area contributed by atoms with Gasteiger partial charge in [-0.1, -0.05) is 42.0 Å². The number of hydrogen-bond acceptors (Lipinski definition) is 2. The van der Waals surface area contributed by atoms with Gasteiger partial charge in [-0.15, -0.1) is 0 Å². The Bertz CT molecular complexity index is 798. The Morgan fingerprint density at radius 2 is 1.95 bits per heavy atom. The zero-order valence-electron chi connectivity index (χ0n) is 11.7. The number of nitrogens with two attached hydrogens (primary N) is 1. The number of amidine groups is 1. The van der Waals surface area contributed by atoms with Gasteiger partial charge in [0.25, 0.3) is 5.91 Å². The van der Waals surface area contributed by atoms with Crippen LogP contribution in [0.1, 0.15) is 21.5 Å². The molecule has 0 radical (unpaired) electrons. The molecule has 0 unspecified atom stereocenters. The van der Waals surface area contributed by atoms with E-state index in [1.165, 1.54) is 0 Å². The number of halogens is 1. The number of hydrogen-bond donors (Lipinski definition) is 2. The molecule has 0 saturated heterocycles. The van der Waals surface area contributed by atoms with Crippen LogP contribution >= 0.6 is 11.6 Å². The summed E-state index contributed by atoms with van der Waals surface area (Å²) >= 11 is 5.94. The van der Waals surface area contributed by atoms with E-state index in [2.05, 4.69) is 0 Å². The number of anilines is 1. The summed E-state index contributed by atoms with van der Waals surface area (Å²) in [6.07, 6.45) is 3.93. The Morgan fingerprint density at radius 3 is 2.73 bits per heavy atom. The Hall–Kier alpha value is -2.59. The van der Waals surface area contributed by atoms with Gasteiger partial charge in [0.05, 0.1) is 11.3 Å². The summed E-state index contributed by atoms with van der Waals surface area (Å²) < 4.78 is 0. The molecule has 3 N–H and O–H groups in total. The van der Waals surface area contributed by atoms with Crippen LogP contribution in [0.15, 0.2) is 48.5 Å². The lowest BCUT2D eigenvalue weighted by Crippen LogP contribution is -2.34. The molecule has 2 aromatic rings. The number of amides is 1. The predicted octanol–water partition coefficient (Wildman–Crippen LogP) is 3.30. The molecule has 0 fully saturated rings. The monoisotopic (exact) mass is 311 g/mol. The molecule has 0 aromatic heterocycles. The molecule has 0 aliphatic carbocycles. The van der Waals surface area contributed by atoms with Crippen molar-refractivity contribution in [1.82, 2.24) is 0 Å². The predicted molar refractivity (Wildman–Crippen MR) is 89.6 cm³/mol. The van der Waals surface area contributed by atoms with Gasteiger partial charge in [0.2, 0.25) is 0 Å². The molecule has 0 bridgehead atoms. The second-order valence-corrected chi connectivity index (χ2v) is 5.42. The van der Waals surface area contributed by atoms with Gasteiger partial charge in [-0.3, -0.25) is 10.2 Å². The summed E-state index contributed by atoms with van der Waals surface area (Å²) in [4.78, 5) is 14.6. The van der Waals surface area contributed by atoms with E-state index >= 15 is 0 Å². The molecule has 1 amide bonds. The molecule has 1 aliphatic rings. The average Bonchev–Trinajstić information content (AvgIpc) is 2.53. The summed E-state index contributed by atoms with van der Waals surface area (Å²) in [7, 11) is 0. The minimum atomic E-state index is -0.196. The zero-order valence-corrected chi connectivity index (χ0v) is 12.5. The quantitative estimate of drug-likeness (QED) is 0.660. The number of fused-ring (bicyclic) bond motifs is 1. The molecule has 0 saturated carbocycles. The molecule has 22 heavy (non-hydrogen) atoms. The highest BCUT2D eigenvalue weighted by atomic mass is 35.5. The third-order valence-electron chi connectivity index (χ3n) is 3.56. The zero-order chi connectivity index (χ0) is 15.7. The number of carbonyl (C=O) groups is 1. The van der Waals surface area contributed by atoms with Crippen molar-refractivity contribution in [2.75, 3.05) is 11.4 Å². The maximum absolute atomic E-state index is 12.9. The topological polar surface area (TPSA) is 70.2 Å². The van der Waals surface area contributed by atoms with Crippen molar-refractivity contribution < 1.29 is 4.79 Å². The van der Waals surface area contributed by atoms with E-state index in [0.29, 0.717) is 22.7 Å². The van der Waals surface area contributed by atoms with Crippen LogP contribution in [0, 0.1) is 5.41 Å². The van der Waals surface area contributed by atoms with E-state index in [1.54, 1.807) is 23.1 Å². The summed E-state index contributed by atoms with van der Waals surface area (Å²) in [6, 6.07) is 12.5. The van der Waals surface area contributed by atoms with Gasteiger partial charge in [0, 0.05) is 17.1 Å². The van der Waals surface area contributed by atoms with Gasteiger partial charge in [-0.05, 0) is 29.8 Å². The third-order valence-corrected chi connectivity index (χ3v) is 3.80. The van der Waals surface area contributed by atoms with Crippen molar-refractivity contribution in [1.29, 1.82) is 5.41 Å². The molecule has 110 valence electrons. The number of carbonyl (C=O) groups excluding carboxylic acids is 1. The first-order valence-electron chi connectivity index (χ1n) is 6.79. The van der Waals surface area contributed by atoms with Gasteiger partial charge < -0.3 is 10.6 Å². The molecule has 2 aromatic carbocycles. The van der Waals surface area contributed by atoms with Gasteiger partial charge in [0.1, 0.15) is 5.84 Å². The fourth-order valence-electron chi connectivity index (χ4n) is 2.52. The highest BCUT2D eigenvalue weighted by Crippen LogP contribution is 2.28. The molecule has 1 heterocycles. The second-order valence-electron chi connectivity index (χ2n) is 4.98. The Balaban J connectivity index is 2.06. The van der Waals surface area contributed by atoms with Crippen molar-refractivity contribution in [2.24, 2.45) is 5.73 Å². The van der Waals surface area contributed by atoms with Crippen LogP contribution in [-0.4, -0.2) is 18.3 Å². The van der Waals surface area contributed by atoms with Gasteiger partial charge in [0.15, 0.2) is 0 Å². The molecular weight excluding hydrogens is 298 g/mol. The first-order chi connectivity index (χ1) is 10.6. The van der Waals surface area contributed by atoms with E-state index < -0.39 is 0 Å². The number of benzene rings is 2. The minimum Gasteiger partial charge on any atom is -0.384 e. The highest BCUT2D eigenvalue weighted by molar-refractivity contribution is 6.31. The van der Waals surface area contributed by atoms with Crippen LogP contribution < -0.4 is 10.6 Å². The van der Waals surface area contributed by atoms with Crippen LogP contribution in [0.2, 0.25) is 5.02 Å². The summed E-state index contributed by atoms with van der Waals surface area (Å²) in [6.45, 7) is 0.482. The van der Waals surface area contributed by atoms with Crippen molar-refractivity contribution >= 4 is 35.1 Å². The number of para-hydroxylation sites is 1. The van der Waals surface area contributed by atoms with Crippen molar-refractivity contribution in [3.63, 3.8) is 0 Å². The lowest BCUT2D eigenvalue weighted by atomic mass is 10.0. The molecular formula is C17H14ClN3O. The van der Waals surface area contributed by atoms with Gasteiger partial charge >= 0.3 is 0 Å². The van der Waals surface area contributed by atoms with Crippen LogP contribution in [0.5, 0.6) is 0 Å². The minimum absolute atomic E-state index is 0.174. The van der Waals surface area contributed by atoms with Crippen molar-refractivity contribution in [2.45, 2.75) is 0 Å². The lowest BCUT2D eigenvalue weighted by Gasteiger charge is -2.27. The second kappa shape index (κ2) is 5.66. The Morgan fingerprint density at radius 1 is 1.18 bits per heavy atom. The number of nitrogen functional groups attached to an aromatic ring is 1. The molecule has 4 nitrogen and oxygen atoms in total. The molecule has 0 spiro atoms. The van der Waals surface area contributed by atoms with E-state index in [-0.39, 0.29) is 11.7 Å². The van der Waals surface area contributed by atoms with Gasteiger partial charge in [-0.25, -0.2) is 0 Å². The molecule has 5 heteroatoms. The SMILES string of the molecule is N=C(N)c1cc(Cl)ccc1C(=O)N1CC=Cc2ccccc21. The van der Waals surface area contributed by atoms with Crippen LogP contribution in [-0.2, 0) is 0 Å². The van der Waals surface area contributed by atoms with Crippen molar-refractivity contribution in [3.8, 4) is 0 Å². The number of nitrogens with zero attached hydrogens (tertiary/aromatic N) is 1. The Labute approximate surface area is 133 Å². The van der Waals surface area contributed by atoms with Crippen molar-refractivity contribution in [3.05, 3.63) is 70.3 Å². The first-order valence-corrected chi connectivity index (χ1v) is 7.17. The van der Waals surface area contributed by atoms with Crippen LogP contribution in [0.3, 0.4) is 0 Å². The van der Waals surface area contributed by atoms with E-state index in [9.17, 15) is 4.79 Å². The van der Waals surface area contributed by atoms with E-state index in [0.717, 1.165) is 11.3 Å². The highest BCUT2D eigenvalue weighted by Gasteiger charge is 2.23. The summed E-state index contributed by atoms with van der Waals surface area (Å²) in [5.74, 6) is -0.370. The molecule has 0 atom stereocenters. The smallest absolute Gasteiger partial charge is 0.259 e. The number of nitrogens with one attached hydrogen (secondary N) is 1. The summed E-state index contributed by atoms with van der Waals surface area (Å²) in [5, 5.41) is 8.10. The number of rotatable bonds is 2. The van der Waals surface area contributed by atoms with E-state index in [1.807, 2.05) is 36.4 Å². The maximum atomic E-state index is 12.9. The fourth-order valence-corrected chi connectivity index (χ4v) is 2.69. The summed E-state index contributed by atoms with van der Waals surface area (Å²) in [5.41, 5.74) is 8.15. The lowest BCUT2D eigenvalue weighted by molar-refractivity contribution is 0.0989. The normalized spacial score (nSPS) is 12.9.